The van der Waals surface area contributed by atoms with Crippen LogP contribution in [0.1, 0.15) is 207 Å². The summed E-state index contributed by atoms with van der Waals surface area (Å²) in [6.45, 7) is 6.26. The van der Waals surface area contributed by atoms with E-state index < -0.39 is 12.1 Å². The zero-order chi connectivity index (χ0) is 47.9. The van der Waals surface area contributed by atoms with Crippen LogP contribution in [-0.4, -0.2) is 37.2 Å². The molecule has 0 aliphatic carbocycles. The third-order valence-corrected chi connectivity index (χ3v) is 10.4. The van der Waals surface area contributed by atoms with Gasteiger partial charge in [0.15, 0.2) is 6.10 Å². The predicted molar refractivity (Wildman–Crippen MR) is 283 cm³/mol. The minimum absolute atomic E-state index is 0.134. The minimum Gasteiger partial charge on any atom is -0.462 e. The van der Waals surface area contributed by atoms with E-state index in [9.17, 15) is 14.4 Å². The highest BCUT2D eigenvalue weighted by Gasteiger charge is 2.19. The van der Waals surface area contributed by atoms with Gasteiger partial charge in [-0.3, -0.25) is 14.4 Å². The minimum atomic E-state index is -0.851. The summed E-state index contributed by atoms with van der Waals surface area (Å²) in [6.07, 6.45) is 74.6. The van der Waals surface area contributed by atoms with Crippen LogP contribution in [0.5, 0.6) is 0 Å². The maximum Gasteiger partial charge on any atom is 0.306 e. The lowest BCUT2D eigenvalue weighted by Crippen LogP contribution is -2.30. The van der Waals surface area contributed by atoms with Gasteiger partial charge in [-0.2, -0.15) is 0 Å². The second kappa shape index (κ2) is 53.2. The molecule has 0 saturated carbocycles. The van der Waals surface area contributed by atoms with Crippen LogP contribution in [0.15, 0.2) is 134 Å². The van der Waals surface area contributed by atoms with Crippen molar-refractivity contribution >= 4 is 17.9 Å². The molecule has 0 amide bonds. The summed E-state index contributed by atoms with van der Waals surface area (Å²) in [7, 11) is 0. The summed E-state index contributed by atoms with van der Waals surface area (Å²) in [5.74, 6) is -1.11. The van der Waals surface area contributed by atoms with E-state index >= 15 is 0 Å². The van der Waals surface area contributed by atoms with Crippen molar-refractivity contribution in [2.45, 2.75) is 213 Å². The van der Waals surface area contributed by atoms with E-state index in [2.05, 4.69) is 130 Å². The van der Waals surface area contributed by atoms with E-state index in [1.165, 1.54) is 64.2 Å². The van der Waals surface area contributed by atoms with Gasteiger partial charge in [-0.15, -0.1) is 0 Å². The van der Waals surface area contributed by atoms with Crippen LogP contribution in [0.2, 0.25) is 0 Å². The van der Waals surface area contributed by atoms with E-state index in [0.717, 1.165) is 89.9 Å². The molecule has 0 radical (unpaired) electrons. The Morgan fingerprint density at radius 2 is 0.591 bits per heavy atom. The number of hydrogen-bond acceptors (Lipinski definition) is 6. The van der Waals surface area contributed by atoms with Crippen LogP contribution >= 0.6 is 0 Å². The summed E-state index contributed by atoms with van der Waals surface area (Å²) in [4.78, 5) is 37.9. The molecule has 0 aromatic rings. The monoisotopic (exact) mass is 911 g/mol. The molecule has 0 saturated heterocycles. The van der Waals surface area contributed by atoms with Crippen LogP contribution < -0.4 is 0 Å². The zero-order valence-corrected chi connectivity index (χ0v) is 42.1. The van der Waals surface area contributed by atoms with Gasteiger partial charge in [-0.1, -0.05) is 231 Å². The highest BCUT2D eigenvalue weighted by atomic mass is 16.6. The smallest absolute Gasteiger partial charge is 0.306 e. The molecule has 0 aromatic carbocycles. The van der Waals surface area contributed by atoms with Crippen LogP contribution in [0.3, 0.4) is 0 Å². The fourth-order valence-electron chi connectivity index (χ4n) is 6.57. The van der Waals surface area contributed by atoms with E-state index in [-0.39, 0.29) is 38.0 Å². The summed E-state index contributed by atoms with van der Waals surface area (Å²) in [6, 6.07) is 0. The van der Waals surface area contributed by atoms with Crippen molar-refractivity contribution in [3.05, 3.63) is 134 Å². The molecule has 0 rings (SSSR count). The van der Waals surface area contributed by atoms with Crippen molar-refractivity contribution in [1.82, 2.24) is 0 Å². The normalized spacial score (nSPS) is 13.2. The number of esters is 3. The van der Waals surface area contributed by atoms with E-state index in [1.54, 1.807) is 0 Å². The quantitative estimate of drug-likeness (QED) is 0.0262. The molecule has 6 heteroatoms. The Morgan fingerprint density at radius 3 is 0.924 bits per heavy atom. The largest absolute Gasteiger partial charge is 0.462 e. The standard InChI is InChI=1S/C60H94O6/c1-4-7-10-13-16-19-22-25-27-29-30-31-33-35-38-41-44-47-50-53-59(62)65-56-57(55-64-58(61)52-49-46-43-40-37-34-24-21-18-15-12-9-6-3)66-60(63)54-51-48-45-42-39-36-32-28-26-23-20-17-14-11-8-5-2/h7-8,10-11,16-17,19-20,25-28,30-31,35-36,38-39,44-45,47-48,57H,4-6,9,12-15,18,21-24,29,32-34,37,40-43,46,49-56H2,1-3H3/b10-7-,11-8-,19-16-,20-17-,27-25-,28-26-,31-30-,38-35-,39-36-,47-44-,48-45-. The first-order valence-corrected chi connectivity index (χ1v) is 26.2. The number of carbonyl (C=O) groups is 3. The lowest BCUT2D eigenvalue weighted by molar-refractivity contribution is -0.166. The molecule has 0 aliphatic rings. The molecule has 0 aromatic heterocycles. The number of carbonyl (C=O) groups excluding carboxylic acids is 3. The number of unbranched alkanes of at least 4 members (excludes halogenated alkanes) is 12. The van der Waals surface area contributed by atoms with Crippen molar-refractivity contribution < 1.29 is 28.6 Å². The number of ether oxygens (including phenoxy) is 3. The molecule has 6 nitrogen and oxygen atoms in total. The summed E-state index contributed by atoms with van der Waals surface area (Å²) >= 11 is 0. The van der Waals surface area contributed by atoms with Gasteiger partial charge in [-0.25, -0.2) is 0 Å². The molecule has 0 heterocycles. The van der Waals surface area contributed by atoms with Gasteiger partial charge in [-0.05, 0) is 89.9 Å². The number of rotatable bonds is 45. The Balaban J connectivity index is 4.62. The van der Waals surface area contributed by atoms with Crippen molar-refractivity contribution in [3.63, 3.8) is 0 Å². The lowest BCUT2D eigenvalue weighted by Gasteiger charge is -2.18. The fourth-order valence-corrected chi connectivity index (χ4v) is 6.57. The summed E-state index contributed by atoms with van der Waals surface area (Å²) in [5, 5.41) is 0. The van der Waals surface area contributed by atoms with Gasteiger partial charge in [0.05, 0.1) is 0 Å². The summed E-state index contributed by atoms with van der Waals surface area (Å²) < 4.78 is 16.7. The molecule has 0 N–H and O–H groups in total. The molecule has 1 atom stereocenters. The molecular weight excluding hydrogens is 817 g/mol. The molecular formula is C60H94O6. The van der Waals surface area contributed by atoms with Gasteiger partial charge < -0.3 is 14.2 Å². The van der Waals surface area contributed by atoms with Crippen molar-refractivity contribution in [2.75, 3.05) is 13.2 Å². The Kier molecular flexibility index (Phi) is 49.6. The maximum atomic E-state index is 12.8. The van der Waals surface area contributed by atoms with Crippen molar-refractivity contribution in [3.8, 4) is 0 Å². The number of allylic oxidation sites excluding steroid dienone is 22. The Morgan fingerprint density at radius 1 is 0.318 bits per heavy atom. The van der Waals surface area contributed by atoms with E-state index in [4.69, 9.17) is 14.2 Å². The molecule has 0 bridgehead atoms. The highest BCUT2D eigenvalue weighted by Crippen LogP contribution is 2.14. The molecule has 0 fully saturated rings. The van der Waals surface area contributed by atoms with E-state index in [0.29, 0.717) is 19.3 Å². The Hall–Kier alpha value is -4.45. The van der Waals surface area contributed by atoms with Gasteiger partial charge in [0.2, 0.25) is 0 Å². The first kappa shape index (κ1) is 61.5. The molecule has 0 aliphatic heterocycles. The topological polar surface area (TPSA) is 78.9 Å². The van der Waals surface area contributed by atoms with E-state index in [1.807, 2.05) is 24.3 Å². The predicted octanol–water partition coefficient (Wildman–Crippen LogP) is 17.5. The average molecular weight is 911 g/mol. The second-order valence-electron chi connectivity index (χ2n) is 16.7. The van der Waals surface area contributed by atoms with Crippen LogP contribution in [0.25, 0.3) is 0 Å². The first-order valence-electron chi connectivity index (χ1n) is 26.2. The van der Waals surface area contributed by atoms with Crippen LogP contribution in [0, 0.1) is 0 Å². The Bertz CT molecular complexity index is 1460. The van der Waals surface area contributed by atoms with Crippen molar-refractivity contribution in [1.29, 1.82) is 0 Å². The molecule has 0 spiro atoms. The van der Waals surface area contributed by atoms with Crippen LogP contribution in [0.4, 0.5) is 0 Å². The molecule has 66 heavy (non-hydrogen) atoms. The van der Waals surface area contributed by atoms with Gasteiger partial charge in [0, 0.05) is 19.3 Å². The maximum absolute atomic E-state index is 12.8. The van der Waals surface area contributed by atoms with Gasteiger partial charge in [0.25, 0.3) is 0 Å². The zero-order valence-electron chi connectivity index (χ0n) is 42.1. The summed E-state index contributed by atoms with van der Waals surface area (Å²) in [5.41, 5.74) is 0. The van der Waals surface area contributed by atoms with Crippen LogP contribution in [-0.2, 0) is 28.6 Å². The third-order valence-electron chi connectivity index (χ3n) is 10.4. The highest BCUT2D eigenvalue weighted by molar-refractivity contribution is 5.71. The number of hydrogen-bond donors (Lipinski definition) is 0. The first-order chi connectivity index (χ1) is 32.5. The molecule has 370 valence electrons. The fraction of sp³-hybridized carbons (Fsp3) is 0.583. The molecule has 1 unspecified atom stereocenters. The lowest BCUT2D eigenvalue weighted by atomic mass is 10.0. The van der Waals surface area contributed by atoms with Crippen molar-refractivity contribution in [2.24, 2.45) is 0 Å². The van der Waals surface area contributed by atoms with Gasteiger partial charge >= 0.3 is 17.9 Å². The SMILES string of the molecule is CC/C=C\C/C=C\C/C=C\C/C=C\C/C=C\C/C=C\CCC(=O)OCC(COC(=O)CCCCCCCCCCCCCCC)OC(=O)CC/C=C\C/C=C\C/C=C\C/C=C\C/C=C\CC. The Labute approximate surface area is 405 Å². The van der Waals surface area contributed by atoms with Gasteiger partial charge in [0.1, 0.15) is 13.2 Å². The second-order valence-corrected chi connectivity index (χ2v) is 16.7. The average Bonchev–Trinajstić information content (AvgIpc) is 3.31. The third kappa shape index (κ3) is 50.5.